The Morgan fingerprint density at radius 3 is 2.89 bits per heavy atom. The number of hydrogen-bond donors (Lipinski definition) is 2. The van der Waals surface area contributed by atoms with Crippen LogP contribution in [0.15, 0.2) is 10.5 Å². The molecule has 1 aromatic rings. The van der Waals surface area contributed by atoms with E-state index in [1.165, 1.54) is 0 Å². The van der Waals surface area contributed by atoms with Gasteiger partial charge in [0.15, 0.2) is 0 Å². The van der Waals surface area contributed by atoms with Crippen LogP contribution in [0.5, 0.6) is 0 Å². The number of nitrogens with one attached hydrogen (secondary N) is 1. The largest absolute Gasteiger partial charge is 0.475 e. The number of aryl methyl sites for hydroxylation is 1. The van der Waals surface area contributed by atoms with Crippen molar-refractivity contribution in [2.45, 2.75) is 51.8 Å². The number of rotatable bonds is 4. The summed E-state index contributed by atoms with van der Waals surface area (Å²) in [6.45, 7) is 7.36. The van der Waals surface area contributed by atoms with E-state index in [1.807, 2.05) is 0 Å². The first kappa shape index (κ1) is 14.1. The van der Waals surface area contributed by atoms with Gasteiger partial charge in [-0.2, -0.15) is 0 Å². The molecule has 0 spiro atoms. The van der Waals surface area contributed by atoms with Crippen molar-refractivity contribution in [1.82, 2.24) is 5.32 Å². The van der Waals surface area contributed by atoms with Crippen molar-refractivity contribution < 1.29 is 19.1 Å². The summed E-state index contributed by atoms with van der Waals surface area (Å²) in [4.78, 5) is 10.8. The molecule has 0 aromatic carbocycles. The molecule has 5 nitrogen and oxygen atoms in total. The van der Waals surface area contributed by atoms with Gasteiger partial charge < -0.3 is 19.6 Å². The van der Waals surface area contributed by atoms with E-state index >= 15 is 0 Å². The Labute approximate surface area is 112 Å². The van der Waals surface area contributed by atoms with E-state index in [0.29, 0.717) is 18.3 Å². The lowest BCUT2D eigenvalue weighted by Gasteiger charge is -2.36. The molecule has 0 radical (unpaired) electrons. The van der Waals surface area contributed by atoms with Gasteiger partial charge in [0.05, 0.1) is 5.60 Å². The minimum absolute atomic E-state index is 0.00149. The molecule has 1 saturated heterocycles. The van der Waals surface area contributed by atoms with Gasteiger partial charge in [0, 0.05) is 24.8 Å². The highest BCUT2D eigenvalue weighted by molar-refractivity contribution is 5.84. The maximum Gasteiger partial charge on any atom is 0.371 e. The fourth-order valence-corrected chi connectivity index (χ4v) is 2.46. The predicted octanol–water partition coefficient (Wildman–Crippen LogP) is 2.33. The Morgan fingerprint density at radius 2 is 2.32 bits per heavy atom. The third kappa shape index (κ3) is 3.58. The van der Waals surface area contributed by atoms with Crippen molar-refractivity contribution in [3.8, 4) is 0 Å². The van der Waals surface area contributed by atoms with Crippen LogP contribution in [-0.4, -0.2) is 29.3 Å². The van der Waals surface area contributed by atoms with Crippen LogP contribution >= 0.6 is 0 Å². The summed E-state index contributed by atoms with van der Waals surface area (Å²) in [7, 11) is 0. The van der Waals surface area contributed by atoms with Gasteiger partial charge in [0.2, 0.25) is 5.76 Å². The van der Waals surface area contributed by atoms with Gasteiger partial charge in [-0.05, 0) is 39.7 Å². The van der Waals surface area contributed by atoms with Crippen LogP contribution in [0.2, 0.25) is 0 Å². The van der Waals surface area contributed by atoms with E-state index in [4.69, 9.17) is 14.3 Å². The zero-order chi connectivity index (χ0) is 14.0. The minimum atomic E-state index is -1.03. The molecule has 106 valence electrons. The number of ether oxygens (including phenoxy) is 1. The molecule has 2 heterocycles. The van der Waals surface area contributed by atoms with E-state index in [-0.39, 0.29) is 11.4 Å². The van der Waals surface area contributed by atoms with Crippen molar-refractivity contribution >= 4 is 5.97 Å². The molecule has 2 N–H and O–H groups in total. The maximum absolute atomic E-state index is 10.8. The fourth-order valence-electron chi connectivity index (χ4n) is 2.46. The molecule has 0 bridgehead atoms. The molecule has 1 unspecified atom stereocenters. The van der Waals surface area contributed by atoms with Crippen LogP contribution in [-0.2, 0) is 11.3 Å². The molecule has 1 aliphatic heterocycles. The predicted molar refractivity (Wildman–Crippen MR) is 70.3 cm³/mol. The van der Waals surface area contributed by atoms with E-state index in [2.05, 4.69) is 19.2 Å². The number of aromatic carboxylic acids is 1. The first-order chi connectivity index (χ1) is 8.87. The van der Waals surface area contributed by atoms with Crippen LogP contribution < -0.4 is 5.32 Å². The molecule has 0 saturated carbocycles. The second-order valence-corrected chi connectivity index (χ2v) is 5.68. The topological polar surface area (TPSA) is 71.7 Å². The normalized spacial score (nSPS) is 22.4. The lowest BCUT2D eigenvalue weighted by Crippen LogP contribution is -2.43. The Hall–Kier alpha value is -1.33. The average Bonchev–Trinajstić information content (AvgIpc) is 2.67. The highest BCUT2D eigenvalue weighted by Crippen LogP contribution is 2.24. The fraction of sp³-hybridized carbons (Fsp3) is 0.643. The minimum Gasteiger partial charge on any atom is -0.475 e. The van der Waals surface area contributed by atoms with Crippen LogP contribution in [0.25, 0.3) is 0 Å². The number of carbonyl (C=O) groups is 1. The number of carboxylic acid groups (broad SMARTS) is 1. The van der Waals surface area contributed by atoms with Crippen molar-refractivity contribution in [2.75, 3.05) is 6.61 Å². The molecule has 1 aromatic heterocycles. The maximum atomic E-state index is 10.8. The quantitative estimate of drug-likeness (QED) is 0.876. The van der Waals surface area contributed by atoms with Gasteiger partial charge in [0.1, 0.15) is 5.76 Å². The summed E-state index contributed by atoms with van der Waals surface area (Å²) >= 11 is 0. The van der Waals surface area contributed by atoms with Crippen LogP contribution in [0.1, 0.15) is 48.6 Å². The molecule has 0 aliphatic carbocycles. The third-order valence-corrected chi connectivity index (χ3v) is 3.51. The molecular formula is C14H21NO4. The van der Waals surface area contributed by atoms with Gasteiger partial charge in [0.25, 0.3) is 0 Å². The molecule has 5 heteroatoms. The second kappa shape index (κ2) is 5.35. The van der Waals surface area contributed by atoms with Crippen molar-refractivity contribution in [2.24, 2.45) is 0 Å². The van der Waals surface area contributed by atoms with E-state index in [1.54, 1.807) is 13.0 Å². The van der Waals surface area contributed by atoms with E-state index in [9.17, 15) is 4.79 Å². The summed E-state index contributed by atoms with van der Waals surface area (Å²) in [5.74, 6) is -0.362. The van der Waals surface area contributed by atoms with Crippen LogP contribution in [0, 0.1) is 6.92 Å². The zero-order valence-electron chi connectivity index (χ0n) is 11.7. The number of carboxylic acids is 1. The molecule has 0 amide bonds. The Kier molecular flexibility index (Phi) is 3.96. The van der Waals surface area contributed by atoms with Gasteiger partial charge in [-0.15, -0.1) is 0 Å². The van der Waals surface area contributed by atoms with Gasteiger partial charge >= 0.3 is 5.97 Å². The Bertz CT molecular complexity index is 464. The molecule has 19 heavy (non-hydrogen) atoms. The Morgan fingerprint density at radius 1 is 1.58 bits per heavy atom. The summed E-state index contributed by atoms with van der Waals surface area (Å²) in [5.41, 5.74) is 0.815. The first-order valence-electron chi connectivity index (χ1n) is 6.57. The van der Waals surface area contributed by atoms with Crippen molar-refractivity contribution in [1.29, 1.82) is 0 Å². The molecule has 1 fully saturated rings. The number of hydrogen-bond acceptors (Lipinski definition) is 4. The average molecular weight is 267 g/mol. The smallest absolute Gasteiger partial charge is 0.371 e. The molecule has 2 rings (SSSR count). The van der Waals surface area contributed by atoms with Crippen LogP contribution in [0.3, 0.4) is 0 Å². The Balaban J connectivity index is 1.93. The lowest BCUT2D eigenvalue weighted by molar-refractivity contribution is -0.0630. The SMILES string of the molecule is Cc1oc(C(=O)O)cc1CNC1CCOC(C)(C)C1. The molecular weight excluding hydrogens is 246 g/mol. The number of furan rings is 1. The van der Waals surface area contributed by atoms with Gasteiger partial charge in [-0.3, -0.25) is 0 Å². The second-order valence-electron chi connectivity index (χ2n) is 5.68. The van der Waals surface area contributed by atoms with Gasteiger partial charge in [-0.25, -0.2) is 4.79 Å². The molecule has 1 aliphatic rings. The van der Waals surface area contributed by atoms with E-state index < -0.39 is 5.97 Å². The van der Waals surface area contributed by atoms with Gasteiger partial charge in [-0.1, -0.05) is 0 Å². The van der Waals surface area contributed by atoms with Crippen molar-refractivity contribution in [3.05, 3.63) is 23.2 Å². The first-order valence-corrected chi connectivity index (χ1v) is 6.57. The standard InChI is InChI=1S/C14H21NO4/c1-9-10(6-12(19-9)13(16)17)8-15-11-4-5-18-14(2,3)7-11/h6,11,15H,4-5,7-8H2,1-3H3,(H,16,17). The highest BCUT2D eigenvalue weighted by atomic mass is 16.5. The highest BCUT2D eigenvalue weighted by Gasteiger charge is 2.28. The summed E-state index contributed by atoms with van der Waals surface area (Å²) in [6, 6.07) is 1.99. The lowest BCUT2D eigenvalue weighted by atomic mass is 9.94. The van der Waals surface area contributed by atoms with Crippen LogP contribution in [0.4, 0.5) is 0 Å². The summed E-state index contributed by atoms with van der Waals surface area (Å²) in [5, 5.41) is 12.3. The monoisotopic (exact) mass is 267 g/mol. The summed E-state index contributed by atoms with van der Waals surface area (Å²) < 4.78 is 10.9. The van der Waals surface area contributed by atoms with E-state index in [0.717, 1.165) is 25.0 Å². The zero-order valence-corrected chi connectivity index (χ0v) is 11.7. The molecule has 1 atom stereocenters. The third-order valence-electron chi connectivity index (χ3n) is 3.51. The summed E-state index contributed by atoms with van der Waals surface area (Å²) in [6.07, 6.45) is 1.93. The van der Waals surface area contributed by atoms with Crippen molar-refractivity contribution in [3.63, 3.8) is 0 Å².